The molecule has 1 aliphatic rings. The van der Waals surface area contributed by atoms with Gasteiger partial charge < -0.3 is 24.5 Å². The van der Waals surface area contributed by atoms with Crippen LogP contribution in [0.15, 0.2) is 59.8 Å². The van der Waals surface area contributed by atoms with Crippen LogP contribution in [0, 0.1) is 22.9 Å². The Morgan fingerprint density at radius 1 is 1.16 bits per heavy atom. The Labute approximate surface area is 255 Å². The second kappa shape index (κ2) is 11.0. The number of nitrogens with one attached hydrogen (secondary N) is 2. The third-order valence-corrected chi connectivity index (χ3v) is 9.13. The van der Waals surface area contributed by atoms with Gasteiger partial charge in [-0.1, -0.05) is 18.2 Å². The lowest BCUT2D eigenvalue weighted by molar-refractivity contribution is -0.146. The zero-order valence-corrected chi connectivity index (χ0v) is 25.3. The third-order valence-electron chi connectivity index (χ3n) is 8.32. The van der Waals surface area contributed by atoms with Crippen LogP contribution in [-0.4, -0.2) is 38.9 Å². The first-order valence-corrected chi connectivity index (χ1v) is 15.2. The maximum absolute atomic E-state index is 15.2. The molecule has 0 unspecified atom stereocenters. The van der Waals surface area contributed by atoms with Gasteiger partial charge in [-0.15, -0.1) is 11.8 Å². The molecule has 0 spiro atoms. The van der Waals surface area contributed by atoms with Crippen molar-refractivity contribution in [3.8, 4) is 28.6 Å². The van der Waals surface area contributed by atoms with Crippen LogP contribution in [0.25, 0.3) is 22.3 Å². The minimum atomic E-state index is -1.15. The summed E-state index contributed by atoms with van der Waals surface area (Å²) in [6.45, 7) is 5.76. The zero-order chi connectivity index (χ0) is 31.4. The van der Waals surface area contributed by atoms with Crippen LogP contribution in [0.4, 0.5) is 13.2 Å². The first-order valence-electron chi connectivity index (χ1n) is 14.0. The molecule has 0 bridgehead atoms. The lowest BCUT2D eigenvalue weighted by Gasteiger charge is -2.36. The van der Waals surface area contributed by atoms with Crippen LogP contribution in [0.3, 0.4) is 0 Å². The van der Waals surface area contributed by atoms with Crippen molar-refractivity contribution >= 4 is 28.6 Å². The van der Waals surface area contributed by atoms with Gasteiger partial charge in [-0.25, -0.2) is 13.8 Å². The third kappa shape index (κ3) is 4.89. The standard InChI is InChI=1S/C33H30F3N3O4S/c1-32(2,31(40)41)15-17-6-5-7-21-27(17)42-13-11-33(21,3)23-16-38-30(39-23)20-14-18(8-9-22(20)34)43-28-25(36)24(35)26-19(10-12-37-26)29(28)44-4/h5-10,12,14,16,37H,11,13,15H2,1-4H3,(H,38,39)(H,40,41)/t33-/m1/s1. The number of aromatic amines is 2. The first-order chi connectivity index (χ1) is 20.9. The van der Waals surface area contributed by atoms with E-state index in [9.17, 15) is 14.3 Å². The lowest BCUT2D eigenvalue weighted by Crippen LogP contribution is -2.33. The quantitative estimate of drug-likeness (QED) is 0.151. The molecule has 0 saturated carbocycles. The maximum Gasteiger partial charge on any atom is 0.309 e. The summed E-state index contributed by atoms with van der Waals surface area (Å²) in [5.41, 5.74) is 0.830. The summed E-state index contributed by atoms with van der Waals surface area (Å²) in [4.78, 5) is 22.8. The van der Waals surface area contributed by atoms with Crippen molar-refractivity contribution in [2.45, 2.75) is 43.9 Å². The fraction of sp³-hybridized carbons (Fsp3) is 0.273. The van der Waals surface area contributed by atoms with E-state index < -0.39 is 34.3 Å². The van der Waals surface area contributed by atoms with Crippen molar-refractivity contribution in [1.82, 2.24) is 15.0 Å². The number of H-pyrrole nitrogens is 2. The van der Waals surface area contributed by atoms with E-state index in [1.54, 1.807) is 32.4 Å². The van der Waals surface area contributed by atoms with Gasteiger partial charge in [-0.05, 0) is 69.7 Å². The van der Waals surface area contributed by atoms with Crippen LogP contribution in [-0.2, 0) is 16.6 Å². The number of fused-ring (bicyclic) bond motifs is 2. The Kier molecular flexibility index (Phi) is 7.39. The fourth-order valence-corrected chi connectivity index (χ4v) is 6.42. The molecule has 1 atom stereocenters. The molecule has 3 aromatic carbocycles. The molecule has 44 heavy (non-hydrogen) atoms. The number of thioether (sulfide) groups is 1. The van der Waals surface area contributed by atoms with E-state index in [0.29, 0.717) is 34.8 Å². The first kappa shape index (κ1) is 29.7. The van der Waals surface area contributed by atoms with Crippen molar-refractivity contribution in [2.24, 2.45) is 5.41 Å². The molecule has 6 rings (SSSR count). The number of carboxylic acid groups (broad SMARTS) is 1. The highest BCUT2D eigenvalue weighted by molar-refractivity contribution is 7.99. The van der Waals surface area contributed by atoms with Gasteiger partial charge in [-0.3, -0.25) is 4.79 Å². The summed E-state index contributed by atoms with van der Waals surface area (Å²) in [6, 6.07) is 11.3. The Morgan fingerprint density at radius 2 is 1.95 bits per heavy atom. The number of aromatic nitrogens is 3. The lowest BCUT2D eigenvalue weighted by atomic mass is 9.73. The number of rotatable bonds is 8. The van der Waals surface area contributed by atoms with Gasteiger partial charge in [0.05, 0.1) is 33.7 Å². The second-order valence-electron chi connectivity index (χ2n) is 11.7. The number of hydrogen-bond acceptors (Lipinski definition) is 5. The predicted molar refractivity (Wildman–Crippen MR) is 162 cm³/mol. The largest absolute Gasteiger partial charge is 0.493 e. The molecule has 11 heteroatoms. The maximum atomic E-state index is 15.2. The normalized spacial score (nSPS) is 16.5. The molecule has 0 amide bonds. The Bertz CT molecular complexity index is 1920. The predicted octanol–water partition coefficient (Wildman–Crippen LogP) is 8.23. The number of nitrogens with zero attached hydrogens (tertiary/aromatic N) is 1. The van der Waals surface area contributed by atoms with Crippen LogP contribution in [0.2, 0.25) is 0 Å². The second-order valence-corrected chi connectivity index (χ2v) is 12.5. The van der Waals surface area contributed by atoms with E-state index in [1.807, 2.05) is 25.1 Å². The van der Waals surface area contributed by atoms with Gasteiger partial charge in [0.2, 0.25) is 5.82 Å². The van der Waals surface area contributed by atoms with Crippen molar-refractivity contribution in [1.29, 1.82) is 0 Å². The number of aliphatic carboxylic acids is 1. The Hall–Kier alpha value is -4.38. The highest BCUT2D eigenvalue weighted by atomic mass is 32.2. The van der Waals surface area contributed by atoms with E-state index >= 15 is 8.78 Å². The highest BCUT2D eigenvalue weighted by Gasteiger charge is 2.39. The molecular formula is C33H30F3N3O4S. The van der Waals surface area contributed by atoms with Crippen LogP contribution < -0.4 is 9.47 Å². The molecule has 2 aromatic heterocycles. The monoisotopic (exact) mass is 621 g/mol. The summed E-state index contributed by atoms with van der Waals surface area (Å²) in [6.07, 6.45) is 5.84. The van der Waals surface area contributed by atoms with Gasteiger partial charge >= 0.3 is 5.97 Å². The molecule has 3 heterocycles. The summed E-state index contributed by atoms with van der Waals surface area (Å²) >= 11 is 1.21. The fourth-order valence-electron chi connectivity index (χ4n) is 5.71. The number of carboxylic acids is 1. The molecular weight excluding hydrogens is 591 g/mol. The highest BCUT2D eigenvalue weighted by Crippen LogP contribution is 2.46. The molecule has 7 nitrogen and oxygen atoms in total. The van der Waals surface area contributed by atoms with Gasteiger partial charge in [0.25, 0.3) is 0 Å². The average Bonchev–Trinajstić information content (AvgIpc) is 3.69. The van der Waals surface area contributed by atoms with Crippen molar-refractivity contribution in [2.75, 3.05) is 12.9 Å². The minimum Gasteiger partial charge on any atom is -0.493 e. The SMILES string of the molecule is CSc1c(Oc2ccc(F)c(-c3nc([C@]4(C)CCOc5c(CC(C)(C)C(=O)O)cccc54)c[nH]3)c2)c(F)c(F)c2[nH]ccc12. The minimum absolute atomic E-state index is 0.0445. The number of halogens is 3. The molecule has 0 saturated heterocycles. The number of para-hydroxylation sites is 1. The molecule has 0 radical (unpaired) electrons. The summed E-state index contributed by atoms with van der Waals surface area (Å²) in [5, 5.41) is 10.2. The van der Waals surface area contributed by atoms with E-state index in [-0.39, 0.29) is 34.8 Å². The van der Waals surface area contributed by atoms with Gasteiger partial charge in [0.15, 0.2) is 11.6 Å². The molecule has 1 aliphatic heterocycles. The summed E-state index contributed by atoms with van der Waals surface area (Å²) in [7, 11) is 0. The van der Waals surface area contributed by atoms with Crippen molar-refractivity contribution in [3.63, 3.8) is 0 Å². The van der Waals surface area contributed by atoms with Crippen LogP contribution >= 0.6 is 11.8 Å². The number of carbonyl (C=O) groups is 1. The number of imidazole rings is 1. The number of hydrogen-bond donors (Lipinski definition) is 3. The van der Waals surface area contributed by atoms with E-state index in [1.165, 1.54) is 36.2 Å². The average molecular weight is 622 g/mol. The van der Waals surface area contributed by atoms with E-state index in [2.05, 4.69) is 9.97 Å². The molecule has 0 fully saturated rings. The summed E-state index contributed by atoms with van der Waals surface area (Å²) in [5.74, 6) is -2.99. The Morgan fingerprint density at radius 3 is 2.70 bits per heavy atom. The molecule has 0 aliphatic carbocycles. The Balaban J connectivity index is 1.35. The zero-order valence-electron chi connectivity index (χ0n) is 24.5. The molecule has 5 aromatic rings. The molecule has 3 N–H and O–H groups in total. The topological polar surface area (TPSA) is 100 Å². The van der Waals surface area contributed by atoms with E-state index in [0.717, 1.165) is 11.1 Å². The number of benzene rings is 3. The molecule has 228 valence electrons. The summed E-state index contributed by atoms with van der Waals surface area (Å²) < 4.78 is 57.0. The van der Waals surface area contributed by atoms with Crippen LogP contribution in [0.1, 0.15) is 44.0 Å². The smallest absolute Gasteiger partial charge is 0.309 e. The van der Waals surface area contributed by atoms with Crippen LogP contribution in [0.5, 0.6) is 17.2 Å². The van der Waals surface area contributed by atoms with Crippen molar-refractivity contribution in [3.05, 3.63) is 89.1 Å². The van der Waals surface area contributed by atoms with Gasteiger partial charge in [0.1, 0.15) is 23.1 Å². The van der Waals surface area contributed by atoms with Gasteiger partial charge in [-0.2, -0.15) is 4.39 Å². The van der Waals surface area contributed by atoms with E-state index in [4.69, 9.17) is 14.5 Å². The van der Waals surface area contributed by atoms with Gasteiger partial charge in [0, 0.05) is 28.8 Å². The van der Waals surface area contributed by atoms with Crippen molar-refractivity contribution < 1.29 is 32.5 Å². The number of ether oxygens (including phenoxy) is 2.